The maximum atomic E-state index is 11.8. The molecule has 0 atom stereocenters. The van der Waals surface area contributed by atoms with Crippen LogP contribution in [0, 0.1) is 0 Å². The van der Waals surface area contributed by atoms with Crippen LogP contribution in [-0.4, -0.2) is 29.1 Å². The molecule has 1 amide bonds. The average Bonchev–Trinajstić information content (AvgIpc) is 2.29. The number of nitrogens with zero attached hydrogens (tertiary/aromatic N) is 1. The number of para-hydroxylation sites is 1. The van der Waals surface area contributed by atoms with Crippen LogP contribution < -0.4 is 10.5 Å². The van der Waals surface area contributed by atoms with E-state index in [9.17, 15) is 4.79 Å². The van der Waals surface area contributed by atoms with Crippen molar-refractivity contribution in [2.75, 3.05) is 13.1 Å². The lowest BCUT2D eigenvalue weighted by molar-refractivity contribution is 0.159. The summed E-state index contributed by atoms with van der Waals surface area (Å²) in [4.78, 5) is 13.6. The summed E-state index contributed by atoms with van der Waals surface area (Å²) in [5.41, 5.74) is 5.44. The Morgan fingerprint density at radius 1 is 1.41 bits per heavy atom. The van der Waals surface area contributed by atoms with Crippen molar-refractivity contribution in [3.63, 3.8) is 0 Å². The van der Waals surface area contributed by atoms with Gasteiger partial charge in [-0.25, -0.2) is 4.79 Å². The molecule has 0 aliphatic heterocycles. The van der Waals surface area contributed by atoms with E-state index in [0.717, 1.165) is 6.42 Å². The molecule has 0 unspecified atom stereocenters. The van der Waals surface area contributed by atoms with Gasteiger partial charge in [-0.2, -0.15) is 0 Å². The van der Waals surface area contributed by atoms with Crippen LogP contribution in [-0.2, 0) is 0 Å². The highest BCUT2D eigenvalue weighted by Crippen LogP contribution is 2.10. The first-order valence-electron chi connectivity index (χ1n) is 5.43. The summed E-state index contributed by atoms with van der Waals surface area (Å²) in [6.07, 6.45) is 0.401. The van der Waals surface area contributed by atoms with Gasteiger partial charge in [-0.15, -0.1) is 0 Å². The van der Waals surface area contributed by atoms with Crippen molar-refractivity contribution in [1.82, 2.24) is 4.90 Å². The molecule has 5 heteroatoms. The Morgan fingerprint density at radius 3 is 2.59 bits per heavy atom. The lowest BCUT2D eigenvalue weighted by Crippen LogP contribution is -2.39. The first-order chi connectivity index (χ1) is 8.13. The molecule has 0 radical (unpaired) electrons. The summed E-state index contributed by atoms with van der Waals surface area (Å²) in [6.45, 7) is 2.79. The number of ether oxygens (including phenoxy) is 1. The second kappa shape index (κ2) is 6.85. The molecule has 0 saturated carbocycles. The molecule has 0 heterocycles. The SMILES string of the molecule is CCCN(CC(N)=S)C(=O)Oc1ccccc1. The van der Waals surface area contributed by atoms with Crippen LogP contribution in [0.5, 0.6) is 5.75 Å². The Balaban J connectivity index is 2.62. The third kappa shape index (κ3) is 4.82. The quantitative estimate of drug-likeness (QED) is 0.816. The Bertz CT molecular complexity index is 381. The molecule has 4 nitrogen and oxygen atoms in total. The zero-order valence-electron chi connectivity index (χ0n) is 9.76. The van der Waals surface area contributed by atoms with Gasteiger partial charge >= 0.3 is 6.09 Å². The topological polar surface area (TPSA) is 55.6 Å². The molecular weight excluding hydrogens is 236 g/mol. The molecule has 17 heavy (non-hydrogen) atoms. The van der Waals surface area contributed by atoms with Gasteiger partial charge in [0.1, 0.15) is 5.75 Å². The molecule has 92 valence electrons. The van der Waals surface area contributed by atoms with Gasteiger partial charge in [-0.05, 0) is 18.6 Å². The fourth-order valence-corrected chi connectivity index (χ4v) is 1.50. The van der Waals surface area contributed by atoms with E-state index < -0.39 is 6.09 Å². The normalized spacial score (nSPS) is 9.71. The Labute approximate surface area is 106 Å². The second-order valence-corrected chi connectivity index (χ2v) is 4.09. The van der Waals surface area contributed by atoms with Crippen molar-refractivity contribution in [2.45, 2.75) is 13.3 Å². The third-order valence-corrected chi connectivity index (χ3v) is 2.18. The molecule has 0 spiro atoms. The molecule has 2 N–H and O–H groups in total. The zero-order valence-corrected chi connectivity index (χ0v) is 10.6. The minimum atomic E-state index is -0.425. The van der Waals surface area contributed by atoms with E-state index in [2.05, 4.69) is 0 Å². The highest BCUT2D eigenvalue weighted by molar-refractivity contribution is 7.80. The molecule has 1 rings (SSSR count). The number of thiocarbonyl (C=S) groups is 1. The Kier molecular flexibility index (Phi) is 5.42. The molecule has 0 aliphatic carbocycles. The lowest BCUT2D eigenvalue weighted by atomic mass is 10.3. The van der Waals surface area contributed by atoms with Gasteiger partial charge in [0.2, 0.25) is 0 Å². The molecule has 0 aliphatic rings. The van der Waals surface area contributed by atoms with Gasteiger partial charge in [-0.3, -0.25) is 0 Å². The van der Waals surface area contributed by atoms with E-state index >= 15 is 0 Å². The van der Waals surface area contributed by atoms with Gasteiger partial charge in [0, 0.05) is 6.54 Å². The van der Waals surface area contributed by atoms with Crippen LogP contribution in [0.4, 0.5) is 4.79 Å². The van der Waals surface area contributed by atoms with Crippen LogP contribution in [0.3, 0.4) is 0 Å². The highest BCUT2D eigenvalue weighted by Gasteiger charge is 2.15. The predicted molar refractivity (Wildman–Crippen MR) is 71.1 cm³/mol. The first-order valence-corrected chi connectivity index (χ1v) is 5.84. The summed E-state index contributed by atoms with van der Waals surface area (Å²) in [5.74, 6) is 0.515. The number of benzene rings is 1. The van der Waals surface area contributed by atoms with E-state index in [1.165, 1.54) is 4.90 Å². The van der Waals surface area contributed by atoms with E-state index in [4.69, 9.17) is 22.7 Å². The number of nitrogens with two attached hydrogens (primary N) is 1. The van der Waals surface area contributed by atoms with Crippen molar-refractivity contribution in [2.24, 2.45) is 5.73 Å². The molecular formula is C12H16N2O2S. The minimum Gasteiger partial charge on any atom is -0.410 e. The average molecular weight is 252 g/mol. The predicted octanol–water partition coefficient (Wildman–Crippen LogP) is 2.18. The Hall–Kier alpha value is -1.62. The number of carbonyl (C=O) groups is 1. The molecule has 0 aromatic heterocycles. The zero-order chi connectivity index (χ0) is 12.7. The van der Waals surface area contributed by atoms with Crippen molar-refractivity contribution in [1.29, 1.82) is 0 Å². The van der Waals surface area contributed by atoms with Gasteiger partial charge < -0.3 is 15.4 Å². The van der Waals surface area contributed by atoms with Crippen molar-refractivity contribution in [3.8, 4) is 5.75 Å². The monoisotopic (exact) mass is 252 g/mol. The van der Waals surface area contributed by atoms with Crippen LogP contribution in [0.1, 0.15) is 13.3 Å². The van der Waals surface area contributed by atoms with Crippen LogP contribution in [0.25, 0.3) is 0 Å². The molecule has 0 fully saturated rings. The largest absolute Gasteiger partial charge is 0.415 e. The van der Waals surface area contributed by atoms with E-state index in [0.29, 0.717) is 12.3 Å². The van der Waals surface area contributed by atoms with Crippen molar-refractivity contribution >= 4 is 23.3 Å². The number of amides is 1. The molecule has 1 aromatic carbocycles. The smallest absolute Gasteiger partial charge is 0.410 e. The van der Waals surface area contributed by atoms with Crippen LogP contribution in [0.15, 0.2) is 30.3 Å². The summed E-state index contributed by atoms with van der Waals surface area (Å²) in [5, 5.41) is 0. The highest BCUT2D eigenvalue weighted by atomic mass is 32.1. The molecule has 0 bridgehead atoms. The van der Waals surface area contributed by atoms with Crippen molar-refractivity contribution < 1.29 is 9.53 Å². The standard InChI is InChI=1S/C12H16N2O2S/c1-2-8-14(9-11(13)17)12(15)16-10-6-4-3-5-7-10/h3-7H,2,8-9H2,1H3,(H2,13,17). The fourth-order valence-electron chi connectivity index (χ4n) is 1.35. The number of rotatable bonds is 5. The number of hydrogen-bond donors (Lipinski definition) is 1. The van der Waals surface area contributed by atoms with Gasteiger partial charge in [-0.1, -0.05) is 37.3 Å². The maximum Gasteiger partial charge on any atom is 0.415 e. The third-order valence-electron chi connectivity index (χ3n) is 2.05. The fraction of sp³-hybridized carbons (Fsp3) is 0.333. The molecule has 0 saturated heterocycles. The van der Waals surface area contributed by atoms with Crippen LogP contribution in [0.2, 0.25) is 0 Å². The summed E-state index contributed by atoms with van der Waals surface area (Å²) in [7, 11) is 0. The lowest BCUT2D eigenvalue weighted by Gasteiger charge is -2.20. The maximum absolute atomic E-state index is 11.8. The number of carbonyl (C=O) groups excluding carboxylic acids is 1. The van der Waals surface area contributed by atoms with Gasteiger partial charge in [0.25, 0.3) is 0 Å². The molecule has 1 aromatic rings. The van der Waals surface area contributed by atoms with Gasteiger partial charge in [0.05, 0.1) is 11.5 Å². The van der Waals surface area contributed by atoms with E-state index in [1.807, 2.05) is 13.0 Å². The second-order valence-electron chi connectivity index (χ2n) is 3.57. The summed E-state index contributed by atoms with van der Waals surface area (Å²) < 4.78 is 5.20. The van der Waals surface area contributed by atoms with Gasteiger partial charge in [0.15, 0.2) is 0 Å². The Morgan fingerprint density at radius 2 is 2.06 bits per heavy atom. The summed E-state index contributed by atoms with van der Waals surface area (Å²) in [6, 6.07) is 8.92. The minimum absolute atomic E-state index is 0.245. The van der Waals surface area contributed by atoms with E-state index in [1.54, 1.807) is 24.3 Å². The van der Waals surface area contributed by atoms with Crippen LogP contribution >= 0.6 is 12.2 Å². The van der Waals surface area contributed by atoms with E-state index in [-0.39, 0.29) is 11.5 Å². The first kappa shape index (κ1) is 13.4. The summed E-state index contributed by atoms with van der Waals surface area (Å²) >= 11 is 4.80. The van der Waals surface area contributed by atoms with Crippen molar-refractivity contribution in [3.05, 3.63) is 30.3 Å². The number of hydrogen-bond acceptors (Lipinski definition) is 3.